The molecule has 0 aromatic carbocycles. The van der Waals surface area contributed by atoms with Crippen LogP contribution in [0.2, 0.25) is 0 Å². The van der Waals surface area contributed by atoms with E-state index in [1.807, 2.05) is 26.1 Å². The Morgan fingerprint density at radius 1 is 1.23 bits per heavy atom. The Morgan fingerprint density at radius 3 is 2.23 bits per heavy atom. The summed E-state index contributed by atoms with van der Waals surface area (Å²) in [4.78, 5) is 11.5. The fourth-order valence-electron chi connectivity index (χ4n) is 1.29. The minimum atomic E-state index is 0.0983. The van der Waals surface area contributed by atoms with Gasteiger partial charge in [0, 0.05) is 18.3 Å². The molecule has 0 unspecified atom stereocenters. The van der Waals surface area contributed by atoms with Crippen LogP contribution in [0.3, 0.4) is 0 Å². The van der Waals surface area contributed by atoms with Crippen LogP contribution in [0.1, 0.15) is 45.2 Å². The van der Waals surface area contributed by atoms with Gasteiger partial charge in [-0.15, -0.1) is 0 Å². The highest BCUT2D eigenvalue weighted by Crippen LogP contribution is 2.11. The summed E-state index contributed by atoms with van der Waals surface area (Å²) >= 11 is 0. The number of aromatic nitrogens is 1. The first-order valence-corrected chi connectivity index (χ1v) is 4.74. The third-order valence-corrected chi connectivity index (χ3v) is 2.20. The van der Waals surface area contributed by atoms with Crippen LogP contribution in [-0.2, 0) is 0 Å². The van der Waals surface area contributed by atoms with Gasteiger partial charge < -0.3 is 4.57 Å². The monoisotopic (exact) mass is 179 g/mol. The van der Waals surface area contributed by atoms with Gasteiger partial charge in [0.25, 0.3) is 5.56 Å². The van der Waals surface area contributed by atoms with Crippen molar-refractivity contribution in [3.8, 4) is 0 Å². The highest BCUT2D eigenvalue weighted by molar-refractivity contribution is 5.15. The summed E-state index contributed by atoms with van der Waals surface area (Å²) in [5.74, 6) is 0.425. The highest BCUT2D eigenvalue weighted by Gasteiger charge is 2.03. The summed E-state index contributed by atoms with van der Waals surface area (Å²) in [6.45, 7) is 8.20. The third kappa shape index (κ3) is 2.20. The number of rotatable bonds is 2. The maximum Gasteiger partial charge on any atom is 0.251 e. The lowest BCUT2D eigenvalue weighted by Gasteiger charge is -2.11. The summed E-state index contributed by atoms with van der Waals surface area (Å²) in [6.07, 6.45) is 1.88. The van der Waals surface area contributed by atoms with E-state index in [4.69, 9.17) is 0 Å². The molecule has 0 fully saturated rings. The first-order chi connectivity index (χ1) is 6.02. The van der Waals surface area contributed by atoms with Crippen molar-refractivity contribution >= 4 is 0 Å². The molecular weight excluding hydrogens is 162 g/mol. The Morgan fingerprint density at radius 2 is 1.85 bits per heavy atom. The first-order valence-electron chi connectivity index (χ1n) is 4.74. The molecule has 13 heavy (non-hydrogen) atoms. The molecule has 0 radical (unpaired) electrons. The zero-order valence-corrected chi connectivity index (χ0v) is 8.74. The standard InChI is InChI=1S/C11H17NO/c1-8(2)10-5-6-12(9(3)4)11(13)7-10/h5-9H,1-4H3. The number of hydrogen-bond donors (Lipinski definition) is 0. The number of nitrogens with zero attached hydrogens (tertiary/aromatic N) is 1. The van der Waals surface area contributed by atoms with Gasteiger partial charge in [-0.05, 0) is 31.4 Å². The van der Waals surface area contributed by atoms with E-state index >= 15 is 0 Å². The molecule has 0 amide bonds. The fraction of sp³-hybridized carbons (Fsp3) is 0.545. The van der Waals surface area contributed by atoms with Crippen molar-refractivity contribution in [2.24, 2.45) is 0 Å². The highest BCUT2D eigenvalue weighted by atomic mass is 16.1. The third-order valence-electron chi connectivity index (χ3n) is 2.20. The van der Waals surface area contributed by atoms with Crippen molar-refractivity contribution in [1.29, 1.82) is 0 Å². The zero-order valence-electron chi connectivity index (χ0n) is 8.74. The second-order valence-electron chi connectivity index (χ2n) is 3.95. The normalized spacial score (nSPS) is 11.2. The van der Waals surface area contributed by atoms with Gasteiger partial charge in [0.05, 0.1) is 0 Å². The van der Waals surface area contributed by atoms with Crippen LogP contribution in [-0.4, -0.2) is 4.57 Å². The Kier molecular flexibility index (Phi) is 2.91. The van der Waals surface area contributed by atoms with Gasteiger partial charge in [0.15, 0.2) is 0 Å². The molecule has 0 spiro atoms. The maximum atomic E-state index is 11.5. The predicted octanol–water partition coefficient (Wildman–Crippen LogP) is 2.55. The number of hydrogen-bond acceptors (Lipinski definition) is 1. The molecule has 0 aliphatic rings. The molecule has 0 aliphatic heterocycles. The summed E-state index contributed by atoms with van der Waals surface area (Å²) in [5.41, 5.74) is 1.21. The van der Waals surface area contributed by atoms with E-state index in [1.54, 1.807) is 10.6 Å². The van der Waals surface area contributed by atoms with Gasteiger partial charge in [-0.2, -0.15) is 0 Å². The molecule has 2 nitrogen and oxygen atoms in total. The van der Waals surface area contributed by atoms with Crippen molar-refractivity contribution in [2.45, 2.75) is 39.7 Å². The first kappa shape index (κ1) is 10.0. The largest absolute Gasteiger partial charge is 0.313 e. The van der Waals surface area contributed by atoms with Gasteiger partial charge in [-0.3, -0.25) is 4.79 Å². The van der Waals surface area contributed by atoms with E-state index in [0.29, 0.717) is 5.92 Å². The molecule has 0 saturated carbocycles. The molecular formula is C11H17NO. The van der Waals surface area contributed by atoms with Crippen LogP contribution in [0.25, 0.3) is 0 Å². The Labute approximate surface area is 79.2 Å². The van der Waals surface area contributed by atoms with Crippen molar-refractivity contribution in [2.75, 3.05) is 0 Å². The minimum Gasteiger partial charge on any atom is -0.313 e. The van der Waals surface area contributed by atoms with Gasteiger partial charge in [0.2, 0.25) is 0 Å². The molecule has 2 heteroatoms. The second kappa shape index (κ2) is 3.77. The van der Waals surface area contributed by atoms with E-state index in [-0.39, 0.29) is 11.6 Å². The topological polar surface area (TPSA) is 22.0 Å². The number of pyridine rings is 1. The average Bonchev–Trinajstić information content (AvgIpc) is 2.03. The van der Waals surface area contributed by atoms with Crippen molar-refractivity contribution in [3.63, 3.8) is 0 Å². The summed E-state index contributed by atoms with van der Waals surface area (Å²) in [5, 5.41) is 0. The molecule has 0 saturated heterocycles. The van der Waals surface area contributed by atoms with Crippen molar-refractivity contribution < 1.29 is 0 Å². The zero-order chi connectivity index (χ0) is 10.0. The Balaban J connectivity index is 3.14. The molecule has 0 atom stereocenters. The van der Waals surface area contributed by atoms with Crippen LogP contribution in [0, 0.1) is 0 Å². The molecule has 72 valence electrons. The van der Waals surface area contributed by atoms with E-state index in [9.17, 15) is 4.79 Å². The molecule has 0 aliphatic carbocycles. The van der Waals surface area contributed by atoms with Crippen LogP contribution < -0.4 is 5.56 Å². The van der Waals surface area contributed by atoms with E-state index in [0.717, 1.165) is 5.56 Å². The molecule has 1 aromatic rings. The summed E-state index contributed by atoms with van der Waals surface area (Å²) in [7, 11) is 0. The quantitative estimate of drug-likeness (QED) is 0.684. The van der Waals surface area contributed by atoms with Crippen molar-refractivity contribution in [3.05, 3.63) is 34.2 Å². The molecule has 1 heterocycles. The molecule has 1 aromatic heterocycles. The lowest BCUT2D eigenvalue weighted by molar-refractivity contribution is 0.575. The van der Waals surface area contributed by atoms with Gasteiger partial charge in [-0.25, -0.2) is 0 Å². The predicted molar refractivity (Wildman–Crippen MR) is 55.2 cm³/mol. The van der Waals surface area contributed by atoms with Crippen molar-refractivity contribution in [1.82, 2.24) is 4.57 Å². The van der Waals surface area contributed by atoms with E-state index < -0.39 is 0 Å². The van der Waals surface area contributed by atoms with Gasteiger partial charge in [-0.1, -0.05) is 13.8 Å². The van der Waals surface area contributed by atoms with Crippen LogP contribution in [0.15, 0.2) is 23.1 Å². The van der Waals surface area contributed by atoms with E-state index in [2.05, 4.69) is 13.8 Å². The second-order valence-corrected chi connectivity index (χ2v) is 3.95. The van der Waals surface area contributed by atoms with Crippen LogP contribution in [0.5, 0.6) is 0 Å². The minimum absolute atomic E-state index is 0.0983. The Bertz CT molecular complexity index is 336. The van der Waals surface area contributed by atoms with Gasteiger partial charge in [0.1, 0.15) is 0 Å². The van der Waals surface area contributed by atoms with Crippen LogP contribution in [0.4, 0.5) is 0 Å². The lowest BCUT2D eigenvalue weighted by atomic mass is 10.1. The Hall–Kier alpha value is -1.05. The lowest BCUT2D eigenvalue weighted by Crippen LogP contribution is -2.20. The van der Waals surface area contributed by atoms with E-state index in [1.165, 1.54) is 0 Å². The fourth-order valence-corrected chi connectivity index (χ4v) is 1.29. The molecule has 0 N–H and O–H groups in total. The van der Waals surface area contributed by atoms with Crippen LogP contribution >= 0.6 is 0 Å². The average molecular weight is 179 g/mol. The molecule has 1 rings (SSSR count). The molecule has 0 bridgehead atoms. The summed E-state index contributed by atoms with van der Waals surface area (Å²) in [6, 6.07) is 3.99. The van der Waals surface area contributed by atoms with Gasteiger partial charge >= 0.3 is 0 Å². The maximum absolute atomic E-state index is 11.5. The smallest absolute Gasteiger partial charge is 0.251 e. The SMILES string of the molecule is CC(C)c1ccn(C(C)C)c(=O)c1. The summed E-state index contributed by atoms with van der Waals surface area (Å²) < 4.78 is 1.74.